The van der Waals surface area contributed by atoms with Crippen LogP contribution in [0.25, 0.3) is 0 Å². The Morgan fingerprint density at radius 2 is 2.12 bits per heavy atom. The van der Waals surface area contributed by atoms with Gasteiger partial charge in [0.25, 0.3) is 0 Å². The van der Waals surface area contributed by atoms with Gasteiger partial charge in [-0.2, -0.15) is 8.78 Å². The Kier molecular flexibility index (Phi) is 5.52. The molecule has 1 aromatic carbocycles. The van der Waals surface area contributed by atoms with Gasteiger partial charge in [0, 0.05) is 19.6 Å². The Balaban J connectivity index is 1.49. The van der Waals surface area contributed by atoms with Crippen molar-refractivity contribution in [2.24, 2.45) is 0 Å². The van der Waals surface area contributed by atoms with Crippen LogP contribution in [0.3, 0.4) is 0 Å². The monoisotopic (exact) mass is 368 g/mol. The van der Waals surface area contributed by atoms with E-state index in [1.807, 2.05) is 4.57 Å². The fourth-order valence-electron chi connectivity index (χ4n) is 2.31. The van der Waals surface area contributed by atoms with E-state index in [1.54, 1.807) is 30.4 Å². The third-order valence-electron chi connectivity index (χ3n) is 3.80. The van der Waals surface area contributed by atoms with Crippen LogP contribution in [0.4, 0.5) is 8.78 Å². The van der Waals surface area contributed by atoms with E-state index in [9.17, 15) is 13.6 Å². The molecule has 1 heterocycles. The van der Waals surface area contributed by atoms with Crippen molar-refractivity contribution in [1.29, 1.82) is 0 Å². The molecule has 3 rings (SSSR count). The lowest BCUT2D eigenvalue weighted by atomic mass is 10.2. The summed E-state index contributed by atoms with van der Waals surface area (Å²) in [5.41, 5.74) is 0.837. The molecule has 6 nitrogen and oxygen atoms in total. The van der Waals surface area contributed by atoms with Gasteiger partial charge in [0.15, 0.2) is 5.16 Å². The van der Waals surface area contributed by atoms with Gasteiger partial charge in [0.1, 0.15) is 12.1 Å². The number of nitrogens with zero attached hydrogens (tertiary/aromatic N) is 4. The summed E-state index contributed by atoms with van der Waals surface area (Å²) in [6, 6.07) is 6.73. The SMILES string of the molecule is CN(Cc1ccc(OC(F)F)cc1)C(=O)CSc1nncn1C1CC1. The average Bonchev–Trinajstić information content (AvgIpc) is 3.32. The number of rotatable bonds is 8. The smallest absolute Gasteiger partial charge is 0.387 e. The van der Waals surface area contributed by atoms with Crippen LogP contribution in [0.15, 0.2) is 35.7 Å². The predicted octanol–water partition coefficient (Wildman–Crippen LogP) is 2.97. The topological polar surface area (TPSA) is 60.2 Å². The summed E-state index contributed by atoms with van der Waals surface area (Å²) in [4.78, 5) is 13.9. The third kappa shape index (κ3) is 4.91. The number of hydrogen-bond donors (Lipinski definition) is 0. The third-order valence-corrected chi connectivity index (χ3v) is 4.74. The van der Waals surface area contributed by atoms with Gasteiger partial charge >= 0.3 is 6.61 Å². The number of thioether (sulfide) groups is 1. The normalized spacial score (nSPS) is 13.9. The number of halogens is 2. The molecule has 0 N–H and O–H groups in total. The predicted molar refractivity (Wildman–Crippen MR) is 88.6 cm³/mol. The van der Waals surface area contributed by atoms with E-state index in [0.717, 1.165) is 23.6 Å². The lowest BCUT2D eigenvalue weighted by molar-refractivity contribution is -0.127. The minimum absolute atomic E-state index is 0.0387. The highest BCUT2D eigenvalue weighted by molar-refractivity contribution is 7.99. The Morgan fingerprint density at radius 3 is 2.76 bits per heavy atom. The summed E-state index contributed by atoms with van der Waals surface area (Å²) in [5.74, 6) is 0.333. The lowest BCUT2D eigenvalue weighted by Gasteiger charge is -2.17. The molecule has 0 unspecified atom stereocenters. The maximum Gasteiger partial charge on any atom is 0.387 e. The van der Waals surface area contributed by atoms with Crippen LogP contribution >= 0.6 is 11.8 Å². The quantitative estimate of drug-likeness (QED) is 0.671. The first-order valence-corrected chi connectivity index (χ1v) is 8.81. The number of ether oxygens (including phenoxy) is 1. The number of aromatic nitrogens is 3. The zero-order chi connectivity index (χ0) is 17.8. The summed E-state index contributed by atoms with van der Waals surface area (Å²) in [5, 5.41) is 8.72. The summed E-state index contributed by atoms with van der Waals surface area (Å²) in [6.07, 6.45) is 3.96. The Bertz CT molecular complexity index is 719. The minimum atomic E-state index is -2.84. The Morgan fingerprint density at radius 1 is 1.40 bits per heavy atom. The van der Waals surface area contributed by atoms with Crippen LogP contribution < -0.4 is 4.74 Å². The van der Waals surface area contributed by atoms with Gasteiger partial charge in [-0.3, -0.25) is 4.79 Å². The molecule has 0 bridgehead atoms. The van der Waals surface area contributed by atoms with Crippen molar-refractivity contribution in [3.05, 3.63) is 36.2 Å². The molecular weight excluding hydrogens is 350 g/mol. The molecule has 0 radical (unpaired) electrons. The van der Waals surface area contributed by atoms with Crippen molar-refractivity contribution in [3.8, 4) is 5.75 Å². The molecule has 1 saturated carbocycles. The molecule has 0 spiro atoms. The van der Waals surface area contributed by atoms with E-state index in [4.69, 9.17) is 0 Å². The molecule has 1 amide bonds. The maximum absolute atomic E-state index is 12.3. The summed E-state index contributed by atoms with van der Waals surface area (Å²) in [6.45, 7) is -2.45. The molecule has 2 aromatic rings. The fraction of sp³-hybridized carbons (Fsp3) is 0.438. The second-order valence-electron chi connectivity index (χ2n) is 5.81. The van der Waals surface area contributed by atoms with E-state index in [-0.39, 0.29) is 17.4 Å². The van der Waals surface area contributed by atoms with Crippen molar-refractivity contribution >= 4 is 17.7 Å². The van der Waals surface area contributed by atoms with Gasteiger partial charge in [-0.1, -0.05) is 23.9 Å². The number of carbonyl (C=O) groups excluding carboxylic acids is 1. The number of benzene rings is 1. The van der Waals surface area contributed by atoms with Crippen molar-refractivity contribution < 1.29 is 18.3 Å². The molecule has 9 heteroatoms. The number of carbonyl (C=O) groups is 1. The first-order chi connectivity index (χ1) is 12.0. The fourth-order valence-corrected chi connectivity index (χ4v) is 3.24. The Labute approximate surface area is 148 Å². The highest BCUT2D eigenvalue weighted by Gasteiger charge is 2.26. The summed E-state index contributed by atoms with van der Waals surface area (Å²) < 4.78 is 30.6. The standard InChI is InChI=1S/C16H18F2N4O2S/c1-21(8-11-2-6-13(7-3-11)24-15(17)18)14(23)9-25-16-20-19-10-22(16)12-4-5-12/h2-3,6-7,10,12,15H,4-5,8-9H2,1H3. The van der Waals surface area contributed by atoms with Crippen LogP contribution in [-0.4, -0.2) is 45.0 Å². The molecule has 1 fully saturated rings. The second kappa shape index (κ2) is 7.81. The summed E-state index contributed by atoms with van der Waals surface area (Å²) >= 11 is 1.37. The molecule has 1 aliphatic rings. The van der Waals surface area contributed by atoms with Crippen LogP contribution in [0.1, 0.15) is 24.4 Å². The van der Waals surface area contributed by atoms with Gasteiger partial charge < -0.3 is 14.2 Å². The molecule has 1 aromatic heterocycles. The Hall–Kier alpha value is -2.16. The van der Waals surface area contributed by atoms with Crippen molar-refractivity contribution in [1.82, 2.24) is 19.7 Å². The molecule has 134 valence electrons. The molecule has 25 heavy (non-hydrogen) atoms. The highest BCUT2D eigenvalue weighted by Crippen LogP contribution is 2.37. The summed E-state index contributed by atoms with van der Waals surface area (Å²) in [7, 11) is 1.71. The van der Waals surface area contributed by atoms with Crippen molar-refractivity contribution in [2.75, 3.05) is 12.8 Å². The van der Waals surface area contributed by atoms with Crippen molar-refractivity contribution in [2.45, 2.75) is 37.2 Å². The first-order valence-electron chi connectivity index (χ1n) is 7.83. The number of hydrogen-bond acceptors (Lipinski definition) is 5. The highest BCUT2D eigenvalue weighted by atomic mass is 32.2. The molecule has 0 saturated heterocycles. The van der Waals surface area contributed by atoms with Crippen LogP contribution in [-0.2, 0) is 11.3 Å². The zero-order valence-electron chi connectivity index (χ0n) is 13.6. The lowest BCUT2D eigenvalue weighted by Crippen LogP contribution is -2.27. The number of alkyl halides is 2. The maximum atomic E-state index is 12.3. The van der Waals surface area contributed by atoms with Gasteiger partial charge in [-0.15, -0.1) is 10.2 Å². The van der Waals surface area contributed by atoms with Crippen LogP contribution in [0, 0.1) is 0 Å². The minimum Gasteiger partial charge on any atom is -0.435 e. The van der Waals surface area contributed by atoms with Crippen LogP contribution in [0.5, 0.6) is 5.75 Å². The molecular formula is C16H18F2N4O2S. The zero-order valence-corrected chi connectivity index (χ0v) is 14.5. The average molecular weight is 368 g/mol. The van der Waals surface area contributed by atoms with E-state index >= 15 is 0 Å². The van der Waals surface area contributed by atoms with E-state index in [2.05, 4.69) is 14.9 Å². The first kappa shape index (κ1) is 17.7. The largest absolute Gasteiger partial charge is 0.435 e. The van der Waals surface area contributed by atoms with E-state index < -0.39 is 6.61 Å². The number of amides is 1. The van der Waals surface area contributed by atoms with Crippen LogP contribution in [0.2, 0.25) is 0 Å². The van der Waals surface area contributed by atoms with Crippen molar-refractivity contribution in [3.63, 3.8) is 0 Å². The van der Waals surface area contributed by atoms with E-state index in [1.165, 1.54) is 23.9 Å². The van der Waals surface area contributed by atoms with Gasteiger partial charge in [0.05, 0.1) is 5.75 Å². The van der Waals surface area contributed by atoms with Gasteiger partial charge in [0.2, 0.25) is 5.91 Å². The second-order valence-corrected chi connectivity index (χ2v) is 6.76. The molecule has 0 aliphatic heterocycles. The molecule has 1 aliphatic carbocycles. The molecule has 0 atom stereocenters. The van der Waals surface area contributed by atoms with E-state index in [0.29, 0.717) is 12.6 Å². The van der Waals surface area contributed by atoms with Gasteiger partial charge in [-0.05, 0) is 30.5 Å². The van der Waals surface area contributed by atoms with Gasteiger partial charge in [-0.25, -0.2) is 0 Å².